The average Bonchev–Trinajstić information content (AvgIpc) is 3.18. The van der Waals surface area contributed by atoms with E-state index >= 15 is 0 Å². The number of ether oxygens (including phenoxy) is 3. The number of fused-ring (bicyclic) bond motifs is 1. The molecular weight excluding hydrogens is 392 g/mol. The van der Waals surface area contributed by atoms with Gasteiger partial charge in [-0.05, 0) is 23.3 Å². The molecule has 6 nitrogen and oxygen atoms in total. The standard InChI is InChI=1S/C22H28N2O4.ClH/c25-20(16-26-15-18-4-2-1-3-5-18)14-24-10-8-23(9-11-24)13-19-6-7-21-22(12-19)28-17-27-21;/h1-7,12,20,25H,8-11,13-17H2;1H/p-1. The van der Waals surface area contributed by atoms with Crippen LogP contribution < -0.4 is 21.9 Å². The highest BCUT2D eigenvalue weighted by Gasteiger charge is 2.20. The second-order valence-electron chi connectivity index (χ2n) is 7.42. The minimum Gasteiger partial charge on any atom is -1.00 e. The second kappa shape index (κ2) is 10.8. The first-order valence-electron chi connectivity index (χ1n) is 9.89. The fourth-order valence-electron chi connectivity index (χ4n) is 3.67. The predicted molar refractivity (Wildman–Crippen MR) is 106 cm³/mol. The first kappa shape index (κ1) is 21.9. The molecule has 0 amide bonds. The Balaban J connectivity index is 0.00000240. The first-order chi connectivity index (χ1) is 13.8. The van der Waals surface area contributed by atoms with E-state index in [-0.39, 0.29) is 12.4 Å². The molecule has 1 N–H and O–H groups in total. The largest absolute Gasteiger partial charge is 1.00 e. The van der Waals surface area contributed by atoms with Crippen molar-refractivity contribution in [1.82, 2.24) is 9.80 Å². The third-order valence-electron chi connectivity index (χ3n) is 5.20. The molecule has 0 aromatic heterocycles. The zero-order chi connectivity index (χ0) is 19.2. The highest BCUT2D eigenvalue weighted by Crippen LogP contribution is 2.32. The molecule has 0 aliphatic carbocycles. The Labute approximate surface area is 178 Å². The summed E-state index contributed by atoms with van der Waals surface area (Å²) in [4.78, 5) is 4.75. The maximum absolute atomic E-state index is 10.3. The van der Waals surface area contributed by atoms with Crippen molar-refractivity contribution in [3.05, 3.63) is 59.7 Å². The van der Waals surface area contributed by atoms with Gasteiger partial charge in [-0.1, -0.05) is 36.4 Å². The molecule has 0 spiro atoms. The van der Waals surface area contributed by atoms with Crippen LogP contribution in [-0.2, 0) is 17.9 Å². The van der Waals surface area contributed by atoms with E-state index in [1.165, 1.54) is 5.56 Å². The van der Waals surface area contributed by atoms with Gasteiger partial charge in [0.15, 0.2) is 11.5 Å². The summed E-state index contributed by atoms with van der Waals surface area (Å²) >= 11 is 0. The quantitative estimate of drug-likeness (QED) is 0.599. The number of halogens is 1. The van der Waals surface area contributed by atoms with Crippen molar-refractivity contribution in [3.8, 4) is 11.5 Å². The zero-order valence-corrected chi connectivity index (χ0v) is 17.3. The van der Waals surface area contributed by atoms with Crippen molar-refractivity contribution in [2.45, 2.75) is 19.3 Å². The van der Waals surface area contributed by atoms with Gasteiger partial charge in [0.1, 0.15) is 0 Å². The molecule has 2 aromatic rings. The Bertz CT molecular complexity index is 754. The van der Waals surface area contributed by atoms with E-state index in [4.69, 9.17) is 14.2 Å². The molecule has 2 aromatic carbocycles. The van der Waals surface area contributed by atoms with Crippen molar-refractivity contribution in [2.75, 3.05) is 46.1 Å². The van der Waals surface area contributed by atoms with E-state index in [0.717, 1.165) is 49.8 Å². The third-order valence-corrected chi connectivity index (χ3v) is 5.20. The van der Waals surface area contributed by atoms with Gasteiger partial charge in [0.05, 0.1) is 19.3 Å². The molecule has 1 saturated heterocycles. The molecule has 2 aliphatic heterocycles. The summed E-state index contributed by atoms with van der Waals surface area (Å²) in [7, 11) is 0. The molecule has 7 heteroatoms. The van der Waals surface area contributed by atoms with Crippen LogP contribution in [0.1, 0.15) is 11.1 Å². The smallest absolute Gasteiger partial charge is 0.231 e. The number of aliphatic hydroxyl groups is 1. The summed E-state index contributed by atoms with van der Waals surface area (Å²) in [6.45, 7) is 6.70. The Kier molecular flexibility index (Phi) is 8.15. The van der Waals surface area contributed by atoms with Gasteiger partial charge in [0.2, 0.25) is 6.79 Å². The molecule has 4 rings (SSSR count). The van der Waals surface area contributed by atoms with E-state index in [1.807, 2.05) is 36.4 Å². The maximum Gasteiger partial charge on any atom is 0.231 e. The number of hydrogen-bond acceptors (Lipinski definition) is 6. The molecule has 0 radical (unpaired) electrons. The number of benzene rings is 2. The molecule has 0 saturated carbocycles. The summed E-state index contributed by atoms with van der Waals surface area (Å²) < 4.78 is 16.5. The van der Waals surface area contributed by atoms with Gasteiger partial charge in [-0.25, -0.2) is 0 Å². The van der Waals surface area contributed by atoms with Crippen LogP contribution in [0.2, 0.25) is 0 Å². The number of aliphatic hydroxyl groups excluding tert-OH is 1. The van der Waals surface area contributed by atoms with Crippen molar-refractivity contribution < 1.29 is 31.7 Å². The van der Waals surface area contributed by atoms with Crippen molar-refractivity contribution in [3.63, 3.8) is 0 Å². The lowest BCUT2D eigenvalue weighted by atomic mass is 10.1. The molecule has 1 fully saturated rings. The summed E-state index contributed by atoms with van der Waals surface area (Å²) in [6, 6.07) is 16.2. The predicted octanol–water partition coefficient (Wildman–Crippen LogP) is -0.885. The van der Waals surface area contributed by atoms with Gasteiger partial charge < -0.3 is 31.7 Å². The van der Waals surface area contributed by atoms with E-state index in [0.29, 0.717) is 26.6 Å². The highest BCUT2D eigenvalue weighted by molar-refractivity contribution is 5.44. The minimum atomic E-state index is -0.455. The fraction of sp³-hybridized carbons (Fsp3) is 0.455. The lowest BCUT2D eigenvalue weighted by Gasteiger charge is -2.35. The van der Waals surface area contributed by atoms with Crippen LogP contribution in [0.4, 0.5) is 0 Å². The first-order valence-corrected chi connectivity index (χ1v) is 9.89. The van der Waals surface area contributed by atoms with E-state index in [1.54, 1.807) is 0 Å². The van der Waals surface area contributed by atoms with Crippen molar-refractivity contribution >= 4 is 0 Å². The number of β-amino-alcohol motifs (C(OH)–C–C–N with tert-alkyl or cyclic N) is 1. The molecule has 158 valence electrons. The second-order valence-corrected chi connectivity index (χ2v) is 7.42. The van der Waals surface area contributed by atoms with Gasteiger partial charge in [0.25, 0.3) is 0 Å². The number of rotatable bonds is 8. The Hall–Kier alpha value is -1.83. The van der Waals surface area contributed by atoms with Crippen LogP contribution in [0.25, 0.3) is 0 Å². The SMILES string of the molecule is OC(COCc1ccccc1)CN1CCN(Cc2ccc3c(c2)OCO3)CC1.[Cl-]. The monoisotopic (exact) mass is 419 g/mol. The van der Waals surface area contributed by atoms with Crippen LogP contribution in [0.3, 0.4) is 0 Å². The number of nitrogens with zero attached hydrogens (tertiary/aromatic N) is 2. The number of piperazine rings is 1. The van der Waals surface area contributed by atoms with Gasteiger partial charge in [-0.2, -0.15) is 0 Å². The lowest BCUT2D eigenvalue weighted by molar-refractivity contribution is -0.0000487. The van der Waals surface area contributed by atoms with Crippen molar-refractivity contribution in [1.29, 1.82) is 0 Å². The van der Waals surface area contributed by atoms with Crippen molar-refractivity contribution in [2.24, 2.45) is 0 Å². The fourth-order valence-corrected chi connectivity index (χ4v) is 3.67. The molecule has 2 heterocycles. The zero-order valence-electron chi connectivity index (χ0n) is 16.5. The van der Waals surface area contributed by atoms with E-state index in [2.05, 4.69) is 21.9 Å². The Morgan fingerprint density at radius 3 is 2.41 bits per heavy atom. The minimum absolute atomic E-state index is 0. The summed E-state index contributed by atoms with van der Waals surface area (Å²) in [5.74, 6) is 1.67. The summed E-state index contributed by atoms with van der Waals surface area (Å²) in [5.41, 5.74) is 2.37. The highest BCUT2D eigenvalue weighted by atomic mass is 35.5. The van der Waals surface area contributed by atoms with E-state index < -0.39 is 6.10 Å². The van der Waals surface area contributed by atoms with Crippen LogP contribution in [0.15, 0.2) is 48.5 Å². The van der Waals surface area contributed by atoms with Crippen LogP contribution >= 0.6 is 0 Å². The molecule has 1 unspecified atom stereocenters. The Morgan fingerprint density at radius 1 is 0.897 bits per heavy atom. The molecular formula is C22H28ClN2O4-. The van der Waals surface area contributed by atoms with Crippen LogP contribution in [0.5, 0.6) is 11.5 Å². The average molecular weight is 420 g/mol. The summed E-state index contributed by atoms with van der Waals surface area (Å²) in [5, 5.41) is 10.3. The van der Waals surface area contributed by atoms with E-state index in [9.17, 15) is 5.11 Å². The Morgan fingerprint density at radius 2 is 1.62 bits per heavy atom. The maximum atomic E-state index is 10.3. The van der Waals surface area contributed by atoms with Gasteiger partial charge in [-0.3, -0.25) is 9.80 Å². The topological polar surface area (TPSA) is 54.4 Å². The van der Waals surface area contributed by atoms with Crippen LogP contribution in [0, 0.1) is 0 Å². The van der Waals surface area contributed by atoms with Gasteiger partial charge >= 0.3 is 0 Å². The molecule has 29 heavy (non-hydrogen) atoms. The molecule has 1 atom stereocenters. The normalized spacial score (nSPS) is 17.7. The van der Waals surface area contributed by atoms with Gasteiger partial charge in [-0.15, -0.1) is 0 Å². The molecule has 0 bridgehead atoms. The number of hydrogen-bond donors (Lipinski definition) is 1. The van der Waals surface area contributed by atoms with Crippen LogP contribution in [-0.4, -0.2) is 67.1 Å². The molecule has 2 aliphatic rings. The van der Waals surface area contributed by atoms with Gasteiger partial charge in [0, 0.05) is 39.3 Å². The summed E-state index contributed by atoms with van der Waals surface area (Å²) in [6.07, 6.45) is -0.455. The lowest BCUT2D eigenvalue weighted by Crippen LogP contribution is -3.00. The third kappa shape index (κ3) is 6.32.